The Hall–Kier alpha value is -0.120. The predicted molar refractivity (Wildman–Crippen MR) is 64.4 cm³/mol. The first-order chi connectivity index (χ1) is 7.75. The van der Waals surface area contributed by atoms with Crippen LogP contribution in [0.1, 0.15) is 38.5 Å². The fourth-order valence-corrected chi connectivity index (χ4v) is 2.98. The van der Waals surface area contributed by atoms with Crippen LogP contribution in [0.2, 0.25) is 0 Å². The van der Waals surface area contributed by atoms with Crippen LogP contribution in [0.4, 0.5) is 0 Å². The van der Waals surface area contributed by atoms with Gasteiger partial charge >= 0.3 is 0 Å². The van der Waals surface area contributed by atoms with Gasteiger partial charge in [0.2, 0.25) is 0 Å². The molecule has 1 aliphatic heterocycles. The number of aliphatic hydroxyl groups is 1. The molecular formula is C13H25NO2. The van der Waals surface area contributed by atoms with Gasteiger partial charge < -0.3 is 14.7 Å². The van der Waals surface area contributed by atoms with Gasteiger partial charge in [0, 0.05) is 25.8 Å². The number of hydrogen-bond donors (Lipinski definition) is 1. The van der Waals surface area contributed by atoms with Crippen molar-refractivity contribution in [1.82, 2.24) is 4.90 Å². The fourth-order valence-electron chi connectivity index (χ4n) is 2.98. The van der Waals surface area contributed by atoms with Crippen molar-refractivity contribution in [3.63, 3.8) is 0 Å². The standard InChI is InChI=1S/C13H25NO2/c1-14(10-11-6-8-16-9-7-11)12-2-4-13(15)5-3-12/h11-13,15H,2-10H2,1H3. The molecule has 0 aromatic carbocycles. The molecule has 2 rings (SSSR count). The molecule has 16 heavy (non-hydrogen) atoms. The summed E-state index contributed by atoms with van der Waals surface area (Å²) in [6.07, 6.45) is 6.72. The first-order valence-corrected chi connectivity index (χ1v) is 6.71. The van der Waals surface area contributed by atoms with E-state index in [2.05, 4.69) is 11.9 Å². The van der Waals surface area contributed by atoms with Crippen LogP contribution < -0.4 is 0 Å². The molecule has 0 radical (unpaired) electrons. The lowest BCUT2D eigenvalue weighted by molar-refractivity contribution is 0.0383. The molecule has 2 aliphatic rings. The van der Waals surface area contributed by atoms with Crippen molar-refractivity contribution in [3.05, 3.63) is 0 Å². The number of ether oxygens (including phenoxy) is 1. The van der Waals surface area contributed by atoms with Gasteiger partial charge in [-0.1, -0.05) is 0 Å². The first-order valence-electron chi connectivity index (χ1n) is 6.71. The van der Waals surface area contributed by atoms with E-state index in [4.69, 9.17) is 4.74 Å². The molecule has 0 spiro atoms. The minimum absolute atomic E-state index is 0.0345. The van der Waals surface area contributed by atoms with Crippen LogP contribution in [0.3, 0.4) is 0 Å². The normalized spacial score (nSPS) is 33.2. The zero-order valence-electron chi connectivity index (χ0n) is 10.4. The van der Waals surface area contributed by atoms with E-state index in [0.29, 0.717) is 6.04 Å². The second-order valence-corrected chi connectivity index (χ2v) is 5.46. The number of aliphatic hydroxyl groups excluding tert-OH is 1. The summed E-state index contributed by atoms with van der Waals surface area (Å²) >= 11 is 0. The highest BCUT2D eigenvalue weighted by molar-refractivity contribution is 4.79. The highest BCUT2D eigenvalue weighted by Gasteiger charge is 2.24. The lowest BCUT2D eigenvalue weighted by Gasteiger charge is -2.36. The molecule has 0 aromatic rings. The topological polar surface area (TPSA) is 32.7 Å². The third kappa shape index (κ3) is 3.44. The Morgan fingerprint density at radius 1 is 1.06 bits per heavy atom. The zero-order valence-corrected chi connectivity index (χ0v) is 10.4. The van der Waals surface area contributed by atoms with Crippen LogP contribution in [-0.2, 0) is 4.74 Å². The third-order valence-corrected chi connectivity index (χ3v) is 4.18. The number of hydrogen-bond acceptors (Lipinski definition) is 3. The van der Waals surface area contributed by atoms with Crippen LogP contribution in [0, 0.1) is 5.92 Å². The van der Waals surface area contributed by atoms with Crippen LogP contribution in [0.25, 0.3) is 0 Å². The van der Waals surface area contributed by atoms with Crippen molar-refractivity contribution in [2.45, 2.75) is 50.7 Å². The van der Waals surface area contributed by atoms with Gasteiger partial charge in [0.15, 0.2) is 0 Å². The van der Waals surface area contributed by atoms with Crippen molar-refractivity contribution >= 4 is 0 Å². The minimum Gasteiger partial charge on any atom is -0.393 e. The number of nitrogens with zero attached hydrogens (tertiary/aromatic N) is 1. The van der Waals surface area contributed by atoms with Gasteiger partial charge in [-0.05, 0) is 51.5 Å². The smallest absolute Gasteiger partial charge is 0.0541 e. The van der Waals surface area contributed by atoms with Crippen LogP contribution in [-0.4, -0.2) is 49.0 Å². The average molecular weight is 227 g/mol. The summed E-state index contributed by atoms with van der Waals surface area (Å²) in [5.74, 6) is 0.825. The second kappa shape index (κ2) is 5.99. The summed E-state index contributed by atoms with van der Waals surface area (Å²) in [6, 6.07) is 0.700. The molecule has 0 bridgehead atoms. The van der Waals surface area contributed by atoms with Crippen molar-refractivity contribution in [2.24, 2.45) is 5.92 Å². The first kappa shape index (κ1) is 12.3. The van der Waals surface area contributed by atoms with E-state index in [1.54, 1.807) is 0 Å². The van der Waals surface area contributed by atoms with Gasteiger partial charge in [-0.25, -0.2) is 0 Å². The van der Waals surface area contributed by atoms with E-state index in [1.807, 2.05) is 0 Å². The quantitative estimate of drug-likeness (QED) is 0.795. The maximum absolute atomic E-state index is 9.50. The van der Waals surface area contributed by atoms with Crippen molar-refractivity contribution in [2.75, 3.05) is 26.8 Å². The summed E-state index contributed by atoms with van der Waals surface area (Å²) in [7, 11) is 2.25. The van der Waals surface area contributed by atoms with Crippen LogP contribution >= 0.6 is 0 Å². The van der Waals surface area contributed by atoms with Crippen molar-refractivity contribution < 1.29 is 9.84 Å². The van der Waals surface area contributed by atoms with E-state index in [1.165, 1.54) is 32.2 Å². The Kier molecular flexibility index (Phi) is 4.62. The third-order valence-electron chi connectivity index (χ3n) is 4.18. The molecule has 1 aliphatic carbocycles. The SMILES string of the molecule is CN(CC1CCOCC1)C1CCC(O)CC1. The van der Waals surface area contributed by atoms with Gasteiger partial charge in [0.05, 0.1) is 6.10 Å². The monoisotopic (exact) mass is 227 g/mol. The molecule has 3 heteroatoms. The van der Waals surface area contributed by atoms with E-state index in [0.717, 1.165) is 32.0 Å². The molecule has 2 fully saturated rings. The van der Waals surface area contributed by atoms with Gasteiger partial charge in [-0.15, -0.1) is 0 Å². The maximum atomic E-state index is 9.50. The Labute approximate surface area is 98.8 Å². The van der Waals surface area contributed by atoms with Gasteiger partial charge in [0.25, 0.3) is 0 Å². The Morgan fingerprint density at radius 3 is 2.31 bits per heavy atom. The lowest BCUT2D eigenvalue weighted by atomic mass is 9.91. The summed E-state index contributed by atoms with van der Waals surface area (Å²) in [5, 5.41) is 9.50. The molecule has 94 valence electrons. The van der Waals surface area contributed by atoms with Crippen molar-refractivity contribution in [1.29, 1.82) is 0 Å². The van der Waals surface area contributed by atoms with E-state index in [-0.39, 0.29) is 6.10 Å². The molecule has 1 N–H and O–H groups in total. The highest BCUT2D eigenvalue weighted by Crippen LogP contribution is 2.24. The summed E-state index contributed by atoms with van der Waals surface area (Å²) in [6.45, 7) is 3.11. The summed E-state index contributed by atoms with van der Waals surface area (Å²) in [5.41, 5.74) is 0. The molecule has 0 aromatic heterocycles. The molecule has 1 saturated heterocycles. The molecule has 0 unspecified atom stereocenters. The molecule has 0 atom stereocenters. The average Bonchev–Trinajstić information content (AvgIpc) is 2.31. The Balaban J connectivity index is 1.72. The van der Waals surface area contributed by atoms with Crippen LogP contribution in [0.5, 0.6) is 0 Å². The van der Waals surface area contributed by atoms with E-state index < -0.39 is 0 Å². The molecule has 0 amide bonds. The van der Waals surface area contributed by atoms with Gasteiger partial charge in [-0.2, -0.15) is 0 Å². The Bertz CT molecular complexity index is 196. The van der Waals surface area contributed by atoms with Crippen molar-refractivity contribution in [3.8, 4) is 0 Å². The molecule has 3 nitrogen and oxygen atoms in total. The minimum atomic E-state index is -0.0345. The maximum Gasteiger partial charge on any atom is 0.0541 e. The molecule has 1 heterocycles. The van der Waals surface area contributed by atoms with Gasteiger partial charge in [0.1, 0.15) is 0 Å². The molecule has 1 saturated carbocycles. The van der Waals surface area contributed by atoms with Gasteiger partial charge in [-0.3, -0.25) is 0 Å². The Morgan fingerprint density at radius 2 is 1.69 bits per heavy atom. The lowest BCUT2D eigenvalue weighted by Crippen LogP contribution is -2.40. The second-order valence-electron chi connectivity index (χ2n) is 5.46. The zero-order chi connectivity index (χ0) is 11.4. The predicted octanol–water partition coefficient (Wildman–Crippen LogP) is 1.65. The highest BCUT2D eigenvalue weighted by atomic mass is 16.5. The largest absolute Gasteiger partial charge is 0.393 e. The molecular weight excluding hydrogens is 202 g/mol. The summed E-state index contributed by atoms with van der Waals surface area (Å²) in [4.78, 5) is 2.52. The van der Waals surface area contributed by atoms with E-state index >= 15 is 0 Å². The summed E-state index contributed by atoms with van der Waals surface area (Å²) < 4.78 is 5.39. The van der Waals surface area contributed by atoms with Crippen LogP contribution in [0.15, 0.2) is 0 Å². The fraction of sp³-hybridized carbons (Fsp3) is 1.00. The van der Waals surface area contributed by atoms with E-state index in [9.17, 15) is 5.11 Å². The number of rotatable bonds is 3.